The molecular formula is C13H16N4O3S2. The van der Waals surface area contributed by atoms with Crippen molar-refractivity contribution < 1.29 is 13.2 Å². The molecular weight excluding hydrogens is 324 g/mol. The minimum absolute atomic E-state index is 0.166. The smallest absolute Gasteiger partial charge is 0.270 e. The average Bonchev–Trinajstić information content (AvgIpc) is 2.96. The zero-order chi connectivity index (χ0) is 16.2. The number of anilines is 1. The van der Waals surface area contributed by atoms with E-state index in [4.69, 9.17) is 0 Å². The minimum Gasteiger partial charge on any atom is -0.301 e. The van der Waals surface area contributed by atoms with Crippen LogP contribution in [0.25, 0.3) is 0 Å². The Labute approximate surface area is 132 Å². The lowest BCUT2D eigenvalue weighted by molar-refractivity contribution is -0.115. The largest absolute Gasteiger partial charge is 0.301 e. The summed E-state index contributed by atoms with van der Waals surface area (Å²) in [5, 5.41) is 9.91. The summed E-state index contributed by atoms with van der Waals surface area (Å²) in [5.74, 6) is -0.243. The molecule has 0 aliphatic rings. The van der Waals surface area contributed by atoms with Crippen molar-refractivity contribution in [2.75, 3.05) is 5.32 Å². The maximum atomic E-state index is 12.1. The van der Waals surface area contributed by atoms with E-state index in [1.807, 2.05) is 31.2 Å². The van der Waals surface area contributed by atoms with Gasteiger partial charge in [0.15, 0.2) is 0 Å². The van der Waals surface area contributed by atoms with Crippen molar-refractivity contribution in [2.24, 2.45) is 0 Å². The lowest BCUT2D eigenvalue weighted by atomic mass is 10.2. The second-order valence-corrected chi connectivity index (χ2v) is 7.50. The Balaban J connectivity index is 2.03. The molecule has 1 aromatic carbocycles. The Bertz CT molecular complexity index is 754. The molecule has 9 heteroatoms. The fraction of sp³-hybridized carbons (Fsp3) is 0.308. The Morgan fingerprint density at radius 1 is 1.23 bits per heavy atom. The van der Waals surface area contributed by atoms with E-state index in [9.17, 15) is 13.2 Å². The van der Waals surface area contributed by atoms with Crippen molar-refractivity contribution in [1.82, 2.24) is 14.9 Å². The summed E-state index contributed by atoms with van der Waals surface area (Å²) in [7, 11) is -3.75. The first-order chi connectivity index (χ1) is 10.4. The highest BCUT2D eigenvalue weighted by Gasteiger charge is 2.20. The van der Waals surface area contributed by atoms with Crippen molar-refractivity contribution in [2.45, 2.75) is 31.2 Å². The Kier molecular flexibility index (Phi) is 5.22. The molecule has 0 saturated carbocycles. The molecule has 0 aliphatic carbocycles. The number of benzene rings is 1. The van der Waals surface area contributed by atoms with E-state index >= 15 is 0 Å². The van der Waals surface area contributed by atoms with Gasteiger partial charge in [0.25, 0.3) is 10.0 Å². The number of hydrogen-bond donors (Lipinski definition) is 2. The molecule has 7 nitrogen and oxygen atoms in total. The summed E-state index contributed by atoms with van der Waals surface area (Å²) < 4.78 is 26.5. The van der Waals surface area contributed by atoms with Gasteiger partial charge in [-0.05, 0) is 12.5 Å². The Morgan fingerprint density at radius 2 is 1.91 bits per heavy atom. The normalized spacial score (nSPS) is 11.4. The number of nitrogens with one attached hydrogen (secondary N) is 2. The summed E-state index contributed by atoms with van der Waals surface area (Å²) >= 11 is 0.816. The van der Waals surface area contributed by atoms with Crippen molar-refractivity contribution in [1.29, 1.82) is 0 Å². The van der Waals surface area contributed by atoms with Gasteiger partial charge in [0.05, 0.1) is 0 Å². The number of amides is 1. The molecule has 0 aliphatic heterocycles. The number of carbonyl (C=O) groups excluding carboxylic acids is 1. The van der Waals surface area contributed by atoms with Crippen molar-refractivity contribution in [3.63, 3.8) is 0 Å². The van der Waals surface area contributed by atoms with Gasteiger partial charge in [-0.3, -0.25) is 4.79 Å². The number of carbonyl (C=O) groups is 1. The fourth-order valence-electron chi connectivity index (χ4n) is 1.52. The molecule has 0 fully saturated rings. The van der Waals surface area contributed by atoms with Crippen LogP contribution < -0.4 is 10.0 Å². The van der Waals surface area contributed by atoms with Crippen LogP contribution in [0, 0.1) is 6.92 Å². The monoisotopic (exact) mass is 340 g/mol. The molecule has 0 radical (unpaired) electrons. The fourth-order valence-corrected chi connectivity index (χ4v) is 3.50. The lowest BCUT2D eigenvalue weighted by Gasteiger charge is -2.04. The second-order valence-electron chi connectivity index (χ2n) is 4.59. The van der Waals surface area contributed by atoms with Gasteiger partial charge in [0.1, 0.15) is 0 Å². The zero-order valence-corrected chi connectivity index (χ0v) is 13.8. The molecule has 118 valence electrons. The van der Waals surface area contributed by atoms with Gasteiger partial charge in [-0.1, -0.05) is 48.1 Å². The maximum absolute atomic E-state index is 12.1. The van der Waals surface area contributed by atoms with Crippen LogP contribution in [0.5, 0.6) is 0 Å². The number of hydrogen-bond acceptors (Lipinski definition) is 6. The zero-order valence-electron chi connectivity index (χ0n) is 12.2. The van der Waals surface area contributed by atoms with E-state index < -0.39 is 10.0 Å². The van der Waals surface area contributed by atoms with Crippen LogP contribution in [0.2, 0.25) is 0 Å². The predicted octanol–water partition coefficient (Wildman–Crippen LogP) is 1.67. The topological polar surface area (TPSA) is 101 Å². The molecule has 2 rings (SSSR count). The van der Waals surface area contributed by atoms with Crippen LogP contribution in [0.3, 0.4) is 0 Å². The number of aryl methyl sites for hydroxylation is 1. The second kappa shape index (κ2) is 6.95. The van der Waals surface area contributed by atoms with Gasteiger partial charge >= 0.3 is 0 Å². The third-order valence-corrected chi connectivity index (χ3v) is 5.40. The molecule has 0 saturated heterocycles. The number of rotatable bonds is 6. The predicted molar refractivity (Wildman–Crippen MR) is 84.0 cm³/mol. The third-order valence-electron chi connectivity index (χ3n) is 2.79. The Hall–Kier alpha value is -1.84. The van der Waals surface area contributed by atoms with E-state index in [-0.39, 0.29) is 28.3 Å². The van der Waals surface area contributed by atoms with Crippen LogP contribution in [-0.4, -0.2) is 24.5 Å². The summed E-state index contributed by atoms with van der Waals surface area (Å²) in [6.07, 6.45) is 0.285. The van der Waals surface area contributed by atoms with Crippen LogP contribution in [-0.2, 0) is 21.4 Å². The highest BCUT2D eigenvalue weighted by Crippen LogP contribution is 2.20. The number of nitrogens with zero attached hydrogens (tertiary/aromatic N) is 2. The quantitative estimate of drug-likeness (QED) is 0.779. The highest BCUT2D eigenvalue weighted by molar-refractivity contribution is 7.91. The molecule has 0 spiro atoms. The molecule has 0 bridgehead atoms. The van der Waals surface area contributed by atoms with Crippen LogP contribution in [0.1, 0.15) is 24.5 Å². The maximum Gasteiger partial charge on any atom is 0.270 e. The molecule has 1 aromatic heterocycles. The average molecular weight is 340 g/mol. The van der Waals surface area contributed by atoms with Crippen molar-refractivity contribution in [3.8, 4) is 0 Å². The van der Waals surface area contributed by atoms with Crippen molar-refractivity contribution >= 4 is 32.4 Å². The summed E-state index contributed by atoms with van der Waals surface area (Å²) in [6.45, 7) is 3.82. The summed E-state index contributed by atoms with van der Waals surface area (Å²) in [6, 6.07) is 7.52. The molecule has 2 N–H and O–H groups in total. The first-order valence-electron chi connectivity index (χ1n) is 6.59. The van der Waals surface area contributed by atoms with E-state index in [2.05, 4.69) is 20.2 Å². The van der Waals surface area contributed by atoms with Gasteiger partial charge in [-0.25, -0.2) is 13.1 Å². The molecule has 2 aromatic rings. The number of sulfonamides is 1. The minimum atomic E-state index is -3.75. The van der Waals surface area contributed by atoms with Gasteiger partial charge in [-0.15, -0.1) is 10.2 Å². The molecule has 22 heavy (non-hydrogen) atoms. The van der Waals surface area contributed by atoms with Gasteiger partial charge in [0.2, 0.25) is 15.4 Å². The highest BCUT2D eigenvalue weighted by atomic mass is 32.2. The molecule has 0 unspecified atom stereocenters. The first kappa shape index (κ1) is 16.5. The number of aromatic nitrogens is 2. The van der Waals surface area contributed by atoms with Gasteiger partial charge < -0.3 is 5.32 Å². The van der Waals surface area contributed by atoms with Gasteiger partial charge in [0, 0.05) is 13.0 Å². The van der Waals surface area contributed by atoms with E-state index in [1.165, 1.54) is 0 Å². The van der Waals surface area contributed by atoms with Crippen LogP contribution in [0.4, 0.5) is 5.13 Å². The standard InChI is InChI=1S/C13H16N4O3S2/c1-3-11(18)15-12-16-17-13(21-12)22(19,20)14-8-10-6-4-9(2)5-7-10/h4-7,14H,3,8H2,1-2H3,(H,15,16,18). The molecule has 1 heterocycles. The molecule has 1 amide bonds. The van der Waals surface area contributed by atoms with Crippen LogP contribution in [0.15, 0.2) is 28.6 Å². The SMILES string of the molecule is CCC(=O)Nc1nnc(S(=O)(=O)NCc2ccc(C)cc2)s1. The van der Waals surface area contributed by atoms with Crippen LogP contribution >= 0.6 is 11.3 Å². The first-order valence-corrected chi connectivity index (χ1v) is 8.89. The molecule has 0 atom stereocenters. The Morgan fingerprint density at radius 3 is 2.55 bits per heavy atom. The third kappa shape index (κ3) is 4.33. The van der Waals surface area contributed by atoms with Crippen molar-refractivity contribution in [3.05, 3.63) is 35.4 Å². The summed E-state index contributed by atoms with van der Waals surface area (Å²) in [5.41, 5.74) is 1.95. The van der Waals surface area contributed by atoms with E-state index in [0.717, 1.165) is 22.5 Å². The summed E-state index contributed by atoms with van der Waals surface area (Å²) in [4.78, 5) is 11.2. The van der Waals surface area contributed by atoms with E-state index in [1.54, 1.807) is 6.92 Å². The van der Waals surface area contributed by atoms with E-state index in [0.29, 0.717) is 0 Å². The van der Waals surface area contributed by atoms with Gasteiger partial charge in [-0.2, -0.15) is 0 Å². The lowest BCUT2D eigenvalue weighted by Crippen LogP contribution is -2.23.